The molecule has 19 heteroatoms. The Balaban J connectivity index is 0.00000320. The number of rotatable bonds is 21. The summed E-state index contributed by atoms with van der Waals surface area (Å²) in [7, 11) is 0.917. The van der Waals surface area contributed by atoms with Gasteiger partial charge in [-0.2, -0.15) is 0 Å². The van der Waals surface area contributed by atoms with Crippen LogP contribution >= 0.6 is 0 Å². The van der Waals surface area contributed by atoms with Gasteiger partial charge < -0.3 is 29.2 Å². The number of hydrogen-bond donors (Lipinski definition) is 2. The lowest BCUT2D eigenvalue weighted by Gasteiger charge is -2.25. The van der Waals surface area contributed by atoms with Crippen molar-refractivity contribution in [1.29, 1.82) is 0 Å². The molecule has 460 valence electrons. The Labute approximate surface area is 537 Å². The maximum absolute atomic E-state index is 14.6. The summed E-state index contributed by atoms with van der Waals surface area (Å²) in [5.41, 5.74) is 4.25. The molecule has 8 aromatic rings. The summed E-state index contributed by atoms with van der Waals surface area (Å²) in [6, 6.07) is 55.6. The third-order valence-corrected chi connectivity index (χ3v) is 15.8. The van der Waals surface area contributed by atoms with E-state index < -0.39 is 77.1 Å². The van der Waals surface area contributed by atoms with Crippen molar-refractivity contribution < 1.29 is 67.5 Å². The average molecular weight is 1270 g/mol. The van der Waals surface area contributed by atoms with Crippen LogP contribution in [0.2, 0.25) is 0 Å². The lowest BCUT2D eigenvalue weighted by atomic mass is 9.77. The molecule has 0 radical (unpaired) electrons. The summed E-state index contributed by atoms with van der Waals surface area (Å²) >= 11 is 8.25. The first-order valence-corrected chi connectivity index (χ1v) is 31.6. The van der Waals surface area contributed by atoms with Crippen LogP contribution < -0.4 is 28.7 Å². The number of anilines is 2. The number of esters is 4. The van der Waals surface area contributed by atoms with Crippen LogP contribution in [0.4, 0.5) is 11.4 Å². The summed E-state index contributed by atoms with van der Waals surface area (Å²) in [6.07, 6.45) is 6.53. The number of ether oxygens (including phenoxy) is 4. The predicted octanol–water partition coefficient (Wildman–Crippen LogP) is 12.8. The van der Waals surface area contributed by atoms with E-state index in [0.717, 1.165) is 24.9 Å². The van der Waals surface area contributed by atoms with Crippen molar-refractivity contribution in [3.8, 4) is 34.5 Å². The third-order valence-electron chi connectivity index (χ3n) is 15.8. The molecule has 0 aromatic heterocycles. The number of carbonyl (C=O) groups is 8. The highest BCUT2D eigenvalue weighted by atomic mass is 33.1. The molecule has 91 heavy (non-hydrogen) atoms. The molecule has 0 aliphatic carbocycles. The molecular weight excluding hydrogens is 1210 g/mol. The minimum absolute atomic E-state index is 0.0356. The van der Waals surface area contributed by atoms with Crippen molar-refractivity contribution in [2.45, 2.75) is 51.4 Å². The fourth-order valence-electron chi connectivity index (χ4n) is 11.0. The van der Waals surface area contributed by atoms with Crippen molar-refractivity contribution in [1.82, 2.24) is 0 Å². The largest absolute Gasteiger partial charge is 0.508 e. The molecular formula is C72H60N2O14S3. The number of nitrogens with zero attached hydrogens (tertiary/aromatic N) is 2. The molecule has 2 heterocycles. The molecule has 10 rings (SSSR count). The zero-order chi connectivity index (χ0) is 64.6. The zero-order valence-corrected chi connectivity index (χ0v) is 51.6. The second kappa shape index (κ2) is 30.7. The van der Waals surface area contributed by atoms with Gasteiger partial charge in [-0.15, -0.1) is 0 Å². The van der Waals surface area contributed by atoms with Crippen LogP contribution in [0, 0.1) is 23.7 Å². The highest BCUT2D eigenvalue weighted by Gasteiger charge is 2.50. The number of aromatic hydroxyl groups is 2. The number of benzene rings is 8. The Morgan fingerprint density at radius 2 is 0.846 bits per heavy atom. The molecule has 6 atom stereocenters. The van der Waals surface area contributed by atoms with Crippen molar-refractivity contribution in [3.05, 3.63) is 252 Å². The topological polar surface area (TPSA) is 220 Å². The average Bonchev–Trinajstić information content (AvgIpc) is 1.67. The van der Waals surface area contributed by atoms with Crippen LogP contribution in [0.15, 0.2) is 218 Å². The van der Waals surface area contributed by atoms with E-state index in [0.29, 0.717) is 45.9 Å². The maximum Gasteiger partial charge on any atom is 0.343 e. The Bertz CT molecular complexity index is 4030. The van der Waals surface area contributed by atoms with Crippen molar-refractivity contribution in [3.63, 3.8) is 0 Å². The van der Waals surface area contributed by atoms with Gasteiger partial charge in [-0.1, -0.05) is 98.8 Å². The summed E-state index contributed by atoms with van der Waals surface area (Å²) in [5.74, 6) is -6.87. The predicted molar refractivity (Wildman–Crippen MR) is 350 cm³/mol. The third kappa shape index (κ3) is 16.9. The Morgan fingerprint density at radius 3 is 1.32 bits per heavy atom. The molecule has 2 saturated heterocycles. The number of hydrogen-bond acceptors (Lipinski definition) is 16. The molecule has 0 saturated carbocycles. The lowest BCUT2D eigenvalue weighted by Crippen LogP contribution is -2.31. The summed E-state index contributed by atoms with van der Waals surface area (Å²) in [5, 5.41) is 20.1. The van der Waals surface area contributed by atoms with E-state index in [-0.39, 0.29) is 53.9 Å². The molecule has 2 N–H and O–H groups in total. The smallest absolute Gasteiger partial charge is 0.343 e. The summed E-state index contributed by atoms with van der Waals surface area (Å²) in [4.78, 5) is 111. The van der Waals surface area contributed by atoms with E-state index in [1.54, 1.807) is 171 Å². The quantitative estimate of drug-likeness (QED) is 0.0296. The van der Waals surface area contributed by atoms with Crippen LogP contribution in [-0.4, -0.2) is 57.7 Å². The fraction of sp³-hybridized carbons (Fsp3) is 0.167. The van der Waals surface area contributed by atoms with Gasteiger partial charge in [0.2, 0.25) is 23.6 Å². The molecule has 4 amide bonds. The van der Waals surface area contributed by atoms with E-state index in [2.05, 4.69) is 22.4 Å². The van der Waals surface area contributed by atoms with Gasteiger partial charge in [0.25, 0.3) is 0 Å². The Morgan fingerprint density at radius 1 is 0.473 bits per heavy atom. The normalized spacial score (nSPS) is 16.9. The molecule has 2 aliphatic heterocycles. The van der Waals surface area contributed by atoms with Gasteiger partial charge in [0, 0.05) is 49.3 Å². The van der Waals surface area contributed by atoms with Crippen molar-refractivity contribution in [2.75, 3.05) is 9.80 Å². The van der Waals surface area contributed by atoms with Crippen molar-refractivity contribution >= 4 is 102 Å². The fourth-order valence-corrected chi connectivity index (χ4v) is 11.0. The molecule has 2 fully saturated rings. The van der Waals surface area contributed by atoms with Gasteiger partial charge >= 0.3 is 23.9 Å². The van der Waals surface area contributed by atoms with Crippen LogP contribution in [0.5, 0.6) is 34.5 Å². The van der Waals surface area contributed by atoms with Gasteiger partial charge in [0.05, 0.1) is 40.3 Å². The van der Waals surface area contributed by atoms with E-state index in [4.69, 9.17) is 18.9 Å². The highest BCUT2D eigenvalue weighted by molar-refractivity contribution is 8.37. The SMILES string of the molecule is CC(CC1C(=O)N(c2ccc(O)cc2)C(=O)C1CCC(CC1C(=O)N(c2ccc(OC(=O)/C=C/c3ccc(OC(=O)c4ccccc4)cc3)cc2)C(=O)C1C)c1ccc(OC(=O)/C=C/c2ccc(OC(=O)c3ccccc3)cc2)cc1)c1ccc(O)cc1.S=S=S. The van der Waals surface area contributed by atoms with Crippen molar-refractivity contribution in [2.24, 2.45) is 23.7 Å². The molecule has 16 nitrogen and oxygen atoms in total. The minimum Gasteiger partial charge on any atom is -0.508 e. The van der Waals surface area contributed by atoms with E-state index >= 15 is 0 Å². The molecule has 6 unspecified atom stereocenters. The standard InChI is InChI=1S/C72H60N2O14.S3/c1-45(49-19-28-56(75)29-20-49)43-64-62(68(80)74(70(64)82)54-24-30-57(76)31-25-54)40-23-53(50-21-36-58(37-22-50)85-65(77)41-17-47-13-32-60(33-14-47)87-71(83)51-9-5-3-6-10-51)44-63-46(2)67(79)73(69(63)81)55-26-38-59(39-27-55)86-66(78)42-18-48-15-34-61(35-16-48)88-72(84)52-11-7-4-8-12-52;1-3-2/h3-22,24-39,41-42,45-46,53,62-64,75-76H,23,40,43-44H2,1-2H3;/b41-17+,42-18+;. The molecule has 0 spiro atoms. The van der Waals surface area contributed by atoms with Gasteiger partial charge in [-0.25, -0.2) is 19.2 Å². The van der Waals surface area contributed by atoms with Gasteiger partial charge in [-0.05, 0) is 193 Å². The van der Waals surface area contributed by atoms with E-state index in [9.17, 15) is 48.6 Å². The summed E-state index contributed by atoms with van der Waals surface area (Å²) < 4.78 is 22.1. The molecule has 0 bridgehead atoms. The van der Waals surface area contributed by atoms with E-state index in [1.807, 2.05) is 6.92 Å². The first-order valence-electron chi connectivity index (χ1n) is 29.0. The number of phenolic OH excluding ortho intramolecular Hbond substituents is 2. The molecule has 8 aromatic carbocycles. The second-order valence-corrected chi connectivity index (χ2v) is 23.4. The van der Waals surface area contributed by atoms with Crippen LogP contribution in [0.1, 0.15) is 94.3 Å². The first kappa shape index (κ1) is 65.1. The van der Waals surface area contributed by atoms with Crippen LogP contribution in [-0.2, 0) is 60.0 Å². The molecule has 2 aliphatic rings. The Kier molecular flexibility index (Phi) is 22.0. The minimum atomic E-state index is -0.836. The Hall–Kier alpha value is -10.3. The summed E-state index contributed by atoms with van der Waals surface area (Å²) in [6.45, 7) is 3.64. The zero-order valence-electron chi connectivity index (χ0n) is 49.1. The number of imide groups is 2. The highest BCUT2D eigenvalue weighted by Crippen LogP contribution is 2.44. The van der Waals surface area contributed by atoms with Gasteiger partial charge in [0.15, 0.2) is 0 Å². The first-order chi connectivity index (χ1) is 44.0. The maximum atomic E-state index is 14.6. The van der Waals surface area contributed by atoms with Gasteiger partial charge in [-0.3, -0.25) is 29.0 Å². The van der Waals surface area contributed by atoms with Crippen LogP contribution in [0.3, 0.4) is 0 Å². The number of carbonyl (C=O) groups excluding carboxylic acids is 8. The van der Waals surface area contributed by atoms with E-state index in [1.165, 1.54) is 71.7 Å². The lowest BCUT2D eigenvalue weighted by molar-refractivity contribution is -0.129. The number of amides is 4. The monoisotopic (exact) mass is 1270 g/mol. The second-order valence-electron chi connectivity index (χ2n) is 21.7. The van der Waals surface area contributed by atoms with Crippen LogP contribution in [0.25, 0.3) is 12.2 Å². The van der Waals surface area contributed by atoms with Gasteiger partial charge in [0.1, 0.15) is 34.5 Å². The number of phenols is 2.